The van der Waals surface area contributed by atoms with E-state index in [4.69, 9.17) is 4.98 Å². The topological polar surface area (TPSA) is 53.4 Å². The van der Waals surface area contributed by atoms with Crippen LogP contribution in [0.1, 0.15) is 87.7 Å². The highest BCUT2D eigenvalue weighted by Crippen LogP contribution is 2.67. The molecule has 4 aliphatic rings. The molecule has 35 heavy (non-hydrogen) atoms. The Morgan fingerprint density at radius 1 is 1.23 bits per heavy atom. The van der Waals surface area contributed by atoms with Crippen LogP contribution in [0, 0.1) is 12.3 Å². The fourth-order valence-corrected chi connectivity index (χ4v) is 8.02. The lowest BCUT2D eigenvalue weighted by Gasteiger charge is -2.68. The summed E-state index contributed by atoms with van der Waals surface area (Å²) in [6.45, 7) is 11.7. The monoisotopic (exact) mass is 475 g/mol. The van der Waals surface area contributed by atoms with E-state index in [0.29, 0.717) is 23.5 Å². The van der Waals surface area contributed by atoms with Crippen molar-refractivity contribution in [3.63, 3.8) is 0 Å². The number of hydrogen-bond acceptors (Lipinski definition) is 4. The van der Waals surface area contributed by atoms with Gasteiger partial charge in [-0.3, -0.25) is 14.6 Å². The molecule has 3 heterocycles. The zero-order valence-electron chi connectivity index (χ0n) is 21.8. The van der Waals surface area contributed by atoms with E-state index < -0.39 is 0 Å². The lowest BCUT2D eigenvalue weighted by Crippen LogP contribution is -2.74. The molecule has 4 unspecified atom stereocenters. The number of rotatable bonds is 7. The Kier molecular flexibility index (Phi) is 5.80. The van der Waals surface area contributed by atoms with E-state index in [-0.39, 0.29) is 11.9 Å². The highest BCUT2D eigenvalue weighted by molar-refractivity contribution is 5.73. The van der Waals surface area contributed by atoms with Gasteiger partial charge in [-0.2, -0.15) is 0 Å². The molecular formula is C29H41N5O. The van der Waals surface area contributed by atoms with Crippen LogP contribution in [0.2, 0.25) is 0 Å². The average molecular weight is 476 g/mol. The zero-order chi connectivity index (χ0) is 24.3. The fourth-order valence-electron chi connectivity index (χ4n) is 8.02. The normalized spacial score (nSPS) is 30.7. The van der Waals surface area contributed by atoms with Crippen molar-refractivity contribution in [2.24, 2.45) is 5.41 Å². The summed E-state index contributed by atoms with van der Waals surface area (Å²) in [6.07, 6.45) is 7.34. The van der Waals surface area contributed by atoms with Gasteiger partial charge in [0.25, 0.3) is 0 Å². The predicted molar refractivity (Wildman–Crippen MR) is 138 cm³/mol. The number of amides is 1. The van der Waals surface area contributed by atoms with Gasteiger partial charge in [0.05, 0.1) is 17.4 Å². The third-order valence-corrected chi connectivity index (χ3v) is 9.73. The van der Waals surface area contributed by atoms with E-state index in [1.54, 1.807) is 6.92 Å². The van der Waals surface area contributed by atoms with Crippen LogP contribution in [0.25, 0.3) is 0 Å². The van der Waals surface area contributed by atoms with Gasteiger partial charge in [-0.05, 0) is 58.4 Å². The van der Waals surface area contributed by atoms with E-state index >= 15 is 0 Å². The van der Waals surface area contributed by atoms with Crippen molar-refractivity contribution in [2.75, 3.05) is 13.1 Å². The highest BCUT2D eigenvalue weighted by Gasteiger charge is 2.69. The Morgan fingerprint density at radius 2 is 2.03 bits per heavy atom. The molecule has 1 aromatic heterocycles. The number of hydrogen-bond donors (Lipinski definition) is 1. The summed E-state index contributed by atoms with van der Waals surface area (Å²) in [5.74, 6) is 1.28. The third kappa shape index (κ3) is 3.75. The minimum Gasteiger partial charge on any atom is -0.349 e. The van der Waals surface area contributed by atoms with Crippen molar-refractivity contribution < 1.29 is 4.79 Å². The summed E-state index contributed by atoms with van der Waals surface area (Å²) in [7, 11) is 0. The fraction of sp³-hybridized carbons (Fsp3) is 0.655. The predicted octanol–water partition coefficient (Wildman–Crippen LogP) is 4.39. The first-order valence-electron chi connectivity index (χ1n) is 13.8. The molecule has 188 valence electrons. The molecule has 1 aromatic carbocycles. The summed E-state index contributed by atoms with van der Waals surface area (Å²) in [6, 6.07) is 13.1. The van der Waals surface area contributed by atoms with Gasteiger partial charge < -0.3 is 9.88 Å². The van der Waals surface area contributed by atoms with Crippen LogP contribution in [0.4, 0.5) is 0 Å². The maximum atomic E-state index is 11.9. The number of aromatic nitrogens is 2. The van der Waals surface area contributed by atoms with Crippen LogP contribution in [-0.2, 0) is 17.8 Å². The Bertz CT molecular complexity index is 1090. The minimum absolute atomic E-state index is 0.0529. The van der Waals surface area contributed by atoms with Crippen molar-refractivity contribution in [1.82, 2.24) is 24.7 Å². The van der Waals surface area contributed by atoms with E-state index in [2.05, 4.69) is 64.7 Å². The molecule has 1 amide bonds. The Morgan fingerprint density at radius 3 is 2.71 bits per heavy atom. The first-order valence-corrected chi connectivity index (χ1v) is 13.8. The minimum atomic E-state index is 0.0529. The largest absolute Gasteiger partial charge is 0.349 e. The van der Waals surface area contributed by atoms with Crippen LogP contribution in [0.5, 0.6) is 0 Å². The quantitative estimate of drug-likeness (QED) is 0.645. The first kappa shape index (κ1) is 23.2. The molecule has 0 radical (unpaired) electrons. The molecule has 1 saturated heterocycles. The summed E-state index contributed by atoms with van der Waals surface area (Å²) in [4.78, 5) is 22.4. The molecule has 2 aliphatic carbocycles. The van der Waals surface area contributed by atoms with Crippen molar-refractivity contribution in [3.8, 4) is 0 Å². The lowest BCUT2D eigenvalue weighted by molar-refractivity contribution is -0.188. The molecule has 2 aliphatic heterocycles. The van der Waals surface area contributed by atoms with E-state index in [1.165, 1.54) is 48.5 Å². The van der Waals surface area contributed by atoms with Gasteiger partial charge in [-0.15, -0.1) is 0 Å². The first-order chi connectivity index (χ1) is 16.9. The molecule has 1 N–H and O–H groups in total. The summed E-state index contributed by atoms with van der Waals surface area (Å²) >= 11 is 0. The Hall–Kier alpha value is -2.18. The maximum absolute atomic E-state index is 11.9. The van der Waals surface area contributed by atoms with Crippen molar-refractivity contribution >= 4 is 5.91 Å². The second-order valence-electron chi connectivity index (χ2n) is 11.8. The summed E-state index contributed by atoms with van der Waals surface area (Å²) < 4.78 is 2.65. The summed E-state index contributed by atoms with van der Waals surface area (Å²) in [5.41, 5.74) is 4.57. The number of nitrogens with one attached hydrogen (secondary N) is 1. The molecular weight excluding hydrogens is 434 g/mol. The lowest BCUT2D eigenvalue weighted by atomic mass is 9.53. The van der Waals surface area contributed by atoms with E-state index in [1.807, 2.05) is 6.07 Å². The number of benzene rings is 1. The molecule has 6 nitrogen and oxygen atoms in total. The molecule has 6 heteroatoms. The zero-order valence-corrected chi connectivity index (χ0v) is 21.8. The number of fused-ring (bicyclic) bond motifs is 1. The second kappa shape index (κ2) is 8.74. The van der Waals surface area contributed by atoms with Gasteiger partial charge in [0.15, 0.2) is 0 Å². The van der Waals surface area contributed by atoms with Crippen molar-refractivity contribution in [3.05, 3.63) is 53.1 Å². The average Bonchev–Trinajstić information content (AvgIpc) is 3.36. The molecule has 2 saturated carbocycles. The SMILES string of the molecule is CC(=O)N[C@@H](CCN1C2CCC23CC(n2c(C)nc4c2CN(C(C)C)CC4)CC13)c1ccccc1. The van der Waals surface area contributed by atoms with Gasteiger partial charge in [-0.1, -0.05) is 30.3 Å². The Labute approximate surface area is 210 Å². The molecule has 2 aromatic rings. The molecule has 3 fully saturated rings. The second-order valence-corrected chi connectivity index (χ2v) is 11.8. The summed E-state index contributed by atoms with van der Waals surface area (Å²) in [5, 5.41) is 3.21. The number of imidazole rings is 1. The van der Waals surface area contributed by atoms with Gasteiger partial charge >= 0.3 is 0 Å². The smallest absolute Gasteiger partial charge is 0.217 e. The van der Waals surface area contributed by atoms with E-state index in [9.17, 15) is 4.79 Å². The molecule has 5 atom stereocenters. The number of piperidine rings is 1. The number of nitrogens with zero attached hydrogens (tertiary/aromatic N) is 4. The van der Waals surface area contributed by atoms with Gasteiger partial charge in [0.1, 0.15) is 5.82 Å². The number of aryl methyl sites for hydroxylation is 1. The molecule has 0 bridgehead atoms. The van der Waals surface area contributed by atoms with Gasteiger partial charge in [-0.25, -0.2) is 4.98 Å². The van der Waals surface area contributed by atoms with Crippen molar-refractivity contribution in [2.45, 2.75) is 103 Å². The maximum Gasteiger partial charge on any atom is 0.217 e. The molecule has 6 rings (SSSR count). The van der Waals surface area contributed by atoms with Crippen LogP contribution < -0.4 is 5.32 Å². The number of carbonyl (C=O) groups excluding carboxylic acids is 1. The van der Waals surface area contributed by atoms with Crippen LogP contribution in [0.15, 0.2) is 30.3 Å². The van der Waals surface area contributed by atoms with Crippen LogP contribution in [-0.4, -0.2) is 56.5 Å². The van der Waals surface area contributed by atoms with Gasteiger partial charge in [0, 0.05) is 62.6 Å². The third-order valence-electron chi connectivity index (χ3n) is 9.73. The van der Waals surface area contributed by atoms with E-state index in [0.717, 1.165) is 38.5 Å². The number of carbonyl (C=O) groups is 1. The van der Waals surface area contributed by atoms with Crippen molar-refractivity contribution in [1.29, 1.82) is 0 Å². The van der Waals surface area contributed by atoms with Crippen LogP contribution >= 0.6 is 0 Å². The number of likely N-dealkylation sites (tertiary alicyclic amines) is 1. The van der Waals surface area contributed by atoms with Crippen LogP contribution in [0.3, 0.4) is 0 Å². The van der Waals surface area contributed by atoms with Gasteiger partial charge in [0.2, 0.25) is 5.91 Å². The standard InChI is InChI=1S/C29H41N5O/c1-19(2)32-14-11-25-26(18-32)34(20(3)30-25)23-16-28-29(17-23)13-10-27(29)33(28)15-12-24(31-21(4)35)22-8-6-5-7-9-22/h5-9,19,23-24,27-28H,10-18H2,1-4H3,(H,31,35)/t23?,24-,27?,28?,29?/m0/s1. The molecule has 1 spiro atoms. The Balaban J connectivity index is 1.18. The highest BCUT2D eigenvalue weighted by atomic mass is 16.1.